The molecule has 0 bridgehead atoms. The summed E-state index contributed by atoms with van der Waals surface area (Å²) >= 11 is 6.70. The summed E-state index contributed by atoms with van der Waals surface area (Å²) in [6.45, 7) is 8.40. The lowest BCUT2D eigenvalue weighted by molar-refractivity contribution is 0.189. The van der Waals surface area contributed by atoms with Crippen molar-refractivity contribution in [3.63, 3.8) is 0 Å². The monoisotopic (exact) mass is 523 g/mol. The van der Waals surface area contributed by atoms with Crippen LogP contribution in [0.2, 0.25) is 5.02 Å². The molecule has 1 N–H and O–H groups in total. The predicted octanol–water partition coefficient (Wildman–Crippen LogP) is 6.24. The van der Waals surface area contributed by atoms with Gasteiger partial charge in [-0.2, -0.15) is 4.98 Å². The highest BCUT2D eigenvalue weighted by Crippen LogP contribution is 2.38. The van der Waals surface area contributed by atoms with Crippen molar-refractivity contribution in [3.8, 4) is 11.6 Å². The molecule has 1 aromatic carbocycles. The van der Waals surface area contributed by atoms with Gasteiger partial charge in [-0.05, 0) is 63.3 Å². The highest BCUT2D eigenvalue weighted by atomic mass is 35.5. The number of benzene rings is 1. The standard InChI is InChI=1S/C29H35ClFN5O/c1-4-22-24-16-19(2)6-5-7-23(24)25(31)17-26(22)37-29-27(30)28(32-18-33-29)34-20-8-10-21(11-9-20)36-14-12-35(3)13-15-36/h8,10-11,16-18,20H,4-7,9,12-15H2,1-3H3,(H,32,33,34). The first-order valence-electron chi connectivity index (χ1n) is 13.2. The Hall–Kier alpha value is -2.90. The number of aromatic nitrogens is 2. The molecule has 2 aromatic rings. The van der Waals surface area contributed by atoms with E-state index in [2.05, 4.69) is 70.3 Å². The summed E-state index contributed by atoms with van der Waals surface area (Å²) in [5.74, 6) is 0.929. The zero-order valence-electron chi connectivity index (χ0n) is 21.9. The molecule has 1 aliphatic heterocycles. The molecule has 6 nitrogen and oxygen atoms in total. The summed E-state index contributed by atoms with van der Waals surface area (Å²) in [5, 5.41) is 3.69. The van der Waals surface area contributed by atoms with E-state index in [0.717, 1.165) is 68.6 Å². The molecule has 0 amide bonds. The molecule has 0 spiro atoms. The maximum atomic E-state index is 15.1. The third kappa shape index (κ3) is 5.68. The minimum absolute atomic E-state index is 0.0562. The van der Waals surface area contributed by atoms with Gasteiger partial charge in [-0.25, -0.2) is 9.37 Å². The summed E-state index contributed by atoms with van der Waals surface area (Å²) in [6.07, 6.45) is 14.3. The lowest BCUT2D eigenvalue weighted by Crippen LogP contribution is -2.43. The molecule has 1 aromatic heterocycles. The van der Waals surface area contributed by atoms with Crippen LogP contribution in [0.1, 0.15) is 49.8 Å². The fourth-order valence-corrected chi connectivity index (χ4v) is 5.49. The van der Waals surface area contributed by atoms with Crippen LogP contribution in [0.5, 0.6) is 11.6 Å². The molecule has 1 unspecified atom stereocenters. The van der Waals surface area contributed by atoms with Crippen LogP contribution in [0, 0.1) is 5.82 Å². The minimum Gasteiger partial charge on any atom is -0.437 e. The molecule has 0 radical (unpaired) electrons. The zero-order chi connectivity index (χ0) is 25.9. The first-order chi connectivity index (χ1) is 17.9. The van der Waals surface area contributed by atoms with E-state index in [0.29, 0.717) is 18.0 Å². The predicted molar refractivity (Wildman–Crippen MR) is 148 cm³/mol. The Morgan fingerprint density at radius 2 is 2.00 bits per heavy atom. The number of rotatable bonds is 6. The van der Waals surface area contributed by atoms with Gasteiger partial charge in [-0.3, -0.25) is 0 Å². The lowest BCUT2D eigenvalue weighted by Gasteiger charge is -2.35. The molecule has 2 heterocycles. The van der Waals surface area contributed by atoms with Crippen LogP contribution >= 0.6 is 11.6 Å². The summed E-state index contributed by atoms with van der Waals surface area (Å²) in [7, 11) is 2.16. The number of nitrogens with zero attached hydrogens (tertiary/aromatic N) is 4. The van der Waals surface area contributed by atoms with Gasteiger partial charge < -0.3 is 19.9 Å². The summed E-state index contributed by atoms with van der Waals surface area (Å²) in [4.78, 5) is 13.4. The highest BCUT2D eigenvalue weighted by molar-refractivity contribution is 6.34. The maximum Gasteiger partial charge on any atom is 0.243 e. The van der Waals surface area contributed by atoms with Gasteiger partial charge in [-0.1, -0.05) is 42.3 Å². The Balaban J connectivity index is 1.33. The van der Waals surface area contributed by atoms with Gasteiger partial charge in [0, 0.05) is 49.5 Å². The average molecular weight is 524 g/mol. The smallest absolute Gasteiger partial charge is 0.243 e. The number of hydrogen-bond acceptors (Lipinski definition) is 6. The molecule has 37 heavy (non-hydrogen) atoms. The van der Waals surface area contributed by atoms with Crippen molar-refractivity contribution in [2.75, 3.05) is 38.5 Å². The van der Waals surface area contributed by atoms with Crippen molar-refractivity contribution in [1.29, 1.82) is 0 Å². The van der Waals surface area contributed by atoms with Crippen molar-refractivity contribution in [3.05, 3.63) is 69.4 Å². The molecular formula is C29H35ClFN5O. The Kier molecular flexibility index (Phi) is 7.81. The minimum atomic E-state index is -0.244. The van der Waals surface area contributed by atoms with Gasteiger partial charge in [0.1, 0.15) is 22.9 Å². The van der Waals surface area contributed by atoms with Crippen LogP contribution < -0.4 is 10.1 Å². The van der Waals surface area contributed by atoms with E-state index in [9.17, 15) is 0 Å². The van der Waals surface area contributed by atoms with Gasteiger partial charge in [0.2, 0.25) is 5.88 Å². The first-order valence-corrected chi connectivity index (χ1v) is 13.6. The largest absolute Gasteiger partial charge is 0.437 e. The van der Waals surface area contributed by atoms with Crippen molar-refractivity contribution in [2.24, 2.45) is 0 Å². The van der Waals surface area contributed by atoms with Crippen molar-refractivity contribution >= 4 is 23.5 Å². The fraction of sp³-hybridized carbons (Fsp3) is 0.448. The molecule has 0 saturated carbocycles. The number of fused-ring (bicyclic) bond motifs is 1. The van der Waals surface area contributed by atoms with Gasteiger partial charge in [-0.15, -0.1) is 0 Å². The lowest BCUT2D eigenvalue weighted by atomic mass is 9.95. The number of anilines is 1. The van der Waals surface area contributed by atoms with Crippen LogP contribution in [-0.2, 0) is 12.8 Å². The molecular weight excluding hydrogens is 489 g/mol. The Bertz CT molecular complexity index is 1250. The summed E-state index contributed by atoms with van der Waals surface area (Å²) < 4.78 is 21.3. The number of hydrogen-bond donors (Lipinski definition) is 1. The fourth-order valence-electron chi connectivity index (χ4n) is 5.30. The van der Waals surface area contributed by atoms with Gasteiger partial charge >= 0.3 is 0 Å². The van der Waals surface area contributed by atoms with E-state index in [4.69, 9.17) is 16.3 Å². The van der Waals surface area contributed by atoms with Crippen molar-refractivity contribution in [2.45, 2.75) is 52.0 Å². The molecule has 1 atom stereocenters. The van der Waals surface area contributed by atoms with E-state index in [1.807, 2.05) is 0 Å². The van der Waals surface area contributed by atoms with Crippen LogP contribution in [0.3, 0.4) is 0 Å². The number of halogens is 2. The van der Waals surface area contributed by atoms with Crippen molar-refractivity contribution in [1.82, 2.24) is 19.8 Å². The van der Waals surface area contributed by atoms with Gasteiger partial charge in [0.15, 0.2) is 5.82 Å². The van der Waals surface area contributed by atoms with Crippen molar-refractivity contribution < 1.29 is 9.13 Å². The third-order valence-corrected chi connectivity index (χ3v) is 7.81. The van der Waals surface area contributed by atoms with E-state index < -0.39 is 0 Å². The normalized spacial score (nSPS) is 20.1. The van der Waals surface area contributed by atoms with E-state index >= 15 is 4.39 Å². The van der Waals surface area contributed by atoms with Gasteiger partial charge in [0.05, 0.1) is 0 Å². The number of allylic oxidation sites excluding steroid dienone is 2. The number of nitrogens with one attached hydrogen (secondary N) is 1. The zero-order valence-corrected chi connectivity index (χ0v) is 22.6. The molecule has 5 rings (SSSR count). The quantitative estimate of drug-likeness (QED) is 0.484. The SMILES string of the molecule is CCc1c(Oc2ncnc(NC3C=CC(N4CCN(C)CC4)=CC3)c2Cl)cc(F)c2c1C=C(C)CCC2. The topological polar surface area (TPSA) is 53.5 Å². The van der Waals surface area contributed by atoms with E-state index in [-0.39, 0.29) is 22.8 Å². The van der Waals surface area contributed by atoms with Crippen LogP contribution in [0.4, 0.5) is 10.2 Å². The molecule has 3 aliphatic rings. The molecule has 196 valence electrons. The Labute approximate surface area is 223 Å². The molecule has 1 fully saturated rings. The van der Waals surface area contributed by atoms with E-state index in [1.54, 1.807) is 0 Å². The highest BCUT2D eigenvalue weighted by Gasteiger charge is 2.22. The van der Waals surface area contributed by atoms with E-state index in [1.165, 1.54) is 23.7 Å². The van der Waals surface area contributed by atoms with Crippen LogP contribution in [-0.4, -0.2) is 59.0 Å². The Morgan fingerprint density at radius 3 is 2.73 bits per heavy atom. The summed E-state index contributed by atoms with van der Waals surface area (Å²) in [6, 6.07) is 1.53. The second kappa shape index (κ2) is 11.2. The Morgan fingerprint density at radius 1 is 1.19 bits per heavy atom. The average Bonchev–Trinajstić information content (AvgIpc) is 3.09. The number of piperazine rings is 1. The maximum absolute atomic E-state index is 15.1. The van der Waals surface area contributed by atoms with Crippen LogP contribution in [0.25, 0.3) is 6.08 Å². The molecule has 8 heteroatoms. The van der Waals surface area contributed by atoms with Gasteiger partial charge in [0.25, 0.3) is 0 Å². The first kappa shape index (κ1) is 25.7. The molecule has 2 aliphatic carbocycles. The molecule has 1 saturated heterocycles. The summed E-state index contributed by atoms with van der Waals surface area (Å²) in [5.41, 5.74) is 5.20. The van der Waals surface area contributed by atoms with Crippen LogP contribution in [0.15, 0.2) is 41.9 Å². The number of likely N-dealkylation sites (N-methyl/N-ethyl adjacent to an activating group) is 1. The second-order valence-corrected chi connectivity index (χ2v) is 10.5. The third-order valence-electron chi connectivity index (χ3n) is 7.47. The number of ether oxygens (including phenoxy) is 1. The second-order valence-electron chi connectivity index (χ2n) is 10.1.